The molecule has 0 amide bonds. The van der Waals surface area contributed by atoms with Crippen LogP contribution in [0, 0.1) is 24.1 Å². The summed E-state index contributed by atoms with van der Waals surface area (Å²) in [4.78, 5) is 5.58. The van der Waals surface area contributed by atoms with Crippen LogP contribution in [0.3, 0.4) is 0 Å². The van der Waals surface area contributed by atoms with Gasteiger partial charge in [0, 0.05) is 10.6 Å². The number of nitrogens with one attached hydrogen (secondary N) is 1. The van der Waals surface area contributed by atoms with E-state index in [1.165, 1.54) is 23.5 Å². The number of thiazole rings is 1. The summed E-state index contributed by atoms with van der Waals surface area (Å²) in [5.41, 5.74) is 1.70. The van der Waals surface area contributed by atoms with Crippen molar-refractivity contribution >= 4 is 22.2 Å². The van der Waals surface area contributed by atoms with Crippen molar-refractivity contribution in [3.05, 3.63) is 40.2 Å². The van der Waals surface area contributed by atoms with Gasteiger partial charge in [0.1, 0.15) is 11.9 Å². The SMILES string of the molecule is CCc1nc(Nc2ccc(C#N)c(F)c2)sc1C. The second-order valence-corrected chi connectivity index (χ2v) is 5.01. The molecule has 2 rings (SSSR count). The topological polar surface area (TPSA) is 48.7 Å². The van der Waals surface area contributed by atoms with Gasteiger partial charge in [-0.05, 0) is 31.5 Å². The second-order valence-electron chi connectivity index (χ2n) is 3.81. The Balaban J connectivity index is 2.23. The normalized spacial score (nSPS) is 10.1. The van der Waals surface area contributed by atoms with Gasteiger partial charge in [-0.1, -0.05) is 6.92 Å². The summed E-state index contributed by atoms with van der Waals surface area (Å²) in [6.45, 7) is 4.06. The van der Waals surface area contributed by atoms with Crippen molar-refractivity contribution in [3.8, 4) is 6.07 Å². The van der Waals surface area contributed by atoms with Crippen molar-refractivity contribution in [1.29, 1.82) is 5.26 Å². The molecule has 18 heavy (non-hydrogen) atoms. The molecule has 1 heterocycles. The lowest BCUT2D eigenvalue weighted by Crippen LogP contribution is -1.92. The first-order valence-corrected chi connectivity index (χ1v) is 6.38. The van der Waals surface area contributed by atoms with Gasteiger partial charge in [-0.25, -0.2) is 9.37 Å². The maximum absolute atomic E-state index is 13.4. The van der Waals surface area contributed by atoms with Gasteiger partial charge in [0.2, 0.25) is 0 Å². The van der Waals surface area contributed by atoms with E-state index < -0.39 is 5.82 Å². The van der Waals surface area contributed by atoms with Gasteiger partial charge in [-0.3, -0.25) is 0 Å². The van der Waals surface area contributed by atoms with Gasteiger partial charge in [0.15, 0.2) is 5.13 Å². The molecule has 0 aliphatic rings. The lowest BCUT2D eigenvalue weighted by molar-refractivity contribution is 0.624. The molecule has 0 fully saturated rings. The number of rotatable bonds is 3. The van der Waals surface area contributed by atoms with Crippen molar-refractivity contribution in [2.24, 2.45) is 0 Å². The number of halogens is 1. The fourth-order valence-corrected chi connectivity index (χ4v) is 2.54. The third-order valence-electron chi connectivity index (χ3n) is 2.57. The summed E-state index contributed by atoms with van der Waals surface area (Å²) < 4.78 is 13.4. The third kappa shape index (κ3) is 2.49. The van der Waals surface area contributed by atoms with Crippen LogP contribution in [0.15, 0.2) is 18.2 Å². The smallest absolute Gasteiger partial charge is 0.187 e. The molecule has 0 radical (unpaired) electrons. The van der Waals surface area contributed by atoms with Crippen LogP contribution in [-0.4, -0.2) is 4.98 Å². The van der Waals surface area contributed by atoms with Gasteiger partial charge in [0.25, 0.3) is 0 Å². The molecule has 2 aromatic rings. The lowest BCUT2D eigenvalue weighted by atomic mass is 10.2. The molecule has 1 N–H and O–H groups in total. The number of hydrogen-bond acceptors (Lipinski definition) is 4. The summed E-state index contributed by atoms with van der Waals surface area (Å²) in [5, 5.41) is 12.4. The number of hydrogen-bond donors (Lipinski definition) is 1. The van der Waals surface area contributed by atoms with E-state index in [9.17, 15) is 4.39 Å². The Kier molecular flexibility index (Phi) is 3.58. The summed E-state index contributed by atoms with van der Waals surface area (Å²) in [5.74, 6) is -0.522. The highest BCUT2D eigenvalue weighted by molar-refractivity contribution is 7.15. The quantitative estimate of drug-likeness (QED) is 0.915. The Morgan fingerprint density at radius 2 is 2.28 bits per heavy atom. The Hall–Kier alpha value is -1.93. The van der Waals surface area contributed by atoms with Crippen LogP contribution < -0.4 is 5.32 Å². The lowest BCUT2D eigenvalue weighted by Gasteiger charge is -2.02. The standard InChI is InChI=1S/C13H12FN3S/c1-3-12-8(2)18-13(17-12)16-10-5-4-9(7-15)11(14)6-10/h4-6H,3H2,1-2H3,(H,16,17). The number of benzene rings is 1. The summed E-state index contributed by atoms with van der Waals surface area (Å²) in [6, 6.07) is 6.23. The molecule has 0 unspecified atom stereocenters. The molecular weight excluding hydrogens is 249 g/mol. The van der Waals surface area contributed by atoms with E-state index in [0.29, 0.717) is 5.69 Å². The predicted octanol–water partition coefficient (Wildman–Crippen LogP) is 3.77. The summed E-state index contributed by atoms with van der Waals surface area (Å²) in [7, 11) is 0. The highest BCUT2D eigenvalue weighted by Crippen LogP contribution is 2.26. The predicted molar refractivity (Wildman–Crippen MR) is 70.6 cm³/mol. The number of anilines is 2. The highest BCUT2D eigenvalue weighted by atomic mass is 32.1. The Labute approximate surface area is 109 Å². The fraction of sp³-hybridized carbons (Fsp3) is 0.231. The van der Waals surface area contributed by atoms with Crippen LogP contribution in [0.4, 0.5) is 15.2 Å². The molecular formula is C13H12FN3S. The van der Waals surface area contributed by atoms with Gasteiger partial charge in [-0.2, -0.15) is 5.26 Å². The van der Waals surface area contributed by atoms with Crippen LogP contribution in [0.2, 0.25) is 0 Å². The van der Waals surface area contributed by atoms with Crippen LogP contribution in [0.25, 0.3) is 0 Å². The molecule has 0 aliphatic carbocycles. The maximum Gasteiger partial charge on any atom is 0.187 e. The van der Waals surface area contributed by atoms with E-state index in [-0.39, 0.29) is 5.56 Å². The van der Waals surface area contributed by atoms with Crippen molar-refractivity contribution < 1.29 is 4.39 Å². The third-order valence-corrected chi connectivity index (χ3v) is 3.50. The van der Waals surface area contributed by atoms with Crippen LogP contribution >= 0.6 is 11.3 Å². The monoisotopic (exact) mass is 261 g/mol. The number of aryl methyl sites for hydroxylation is 2. The van der Waals surface area contributed by atoms with Gasteiger partial charge < -0.3 is 5.32 Å². The first-order valence-electron chi connectivity index (χ1n) is 5.57. The molecule has 92 valence electrons. The van der Waals surface area contributed by atoms with Gasteiger partial charge in [-0.15, -0.1) is 11.3 Å². The maximum atomic E-state index is 13.4. The molecule has 0 saturated carbocycles. The Morgan fingerprint density at radius 1 is 1.50 bits per heavy atom. The number of aromatic nitrogens is 1. The molecule has 5 heteroatoms. The zero-order valence-electron chi connectivity index (χ0n) is 10.1. The minimum Gasteiger partial charge on any atom is -0.331 e. The molecule has 3 nitrogen and oxygen atoms in total. The van der Waals surface area contributed by atoms with E-state index in [1.54, 1.807) is 12.1 Å². The highest BCUT2D eigenvalue weighted by Gasteiger charge is 2.07. The first kappa shape index (κ1) is 12.5. The molecule has 0 bridgehead atoms. The second kappa shape index (κ2) is 5.15. The Bertz CT molecular complexity index is 613. The minimum atomic E-state index is -0.522. The summed E-state index contributed by atoms with van der Waals surface area (Å²) >= 11 is 1.54. The molecule has 0 saturated heterocycles. The van der Waals surface area contributed by atoms with Crippen LogP contribution in [0.1, 0.15) is 23.1 Å². The fourth-order valence-electron chi connectivity index (χ4n) is 1.62. The molecule has 0 spiro atoms. The van der Waals surface area contributed by atoms with E-state index in [0.717, 1.165) is 22.1 Å². The van der Waals surface area contributed by atoms with Gasteiger partial charge >= 0.3 is 0 Å². The van der Waals surface area contributed by atoms with E-state index in [4.69, 9.17) is 5.26 Å². The van der Waals surface area contributed by atoms with Crippen molar-refractivity contribution in [1.82, 2.24) is 4.98 Å². The molecule has 1 aromatic heterocycles. The summed E-state index contributed by atoms with van der Waals surface area (Å²) in [6.07, 6.45) is 0.881. The molecule has 0 aliphatic heterocycles. The first-order chi connectivity index (χ1) is 8.63. The zero-order valence-corrected chi connectivity index (χ0v) is 10.9. The van der Waals surface area contributed by atoms with Crippen LogP contribution in [0.5, 0.6) is 0 Å². The molecule has 1 aromatic carbocycles. The average Bonchev–Trinajstić information content (AvgIpc) is 2.69. The largest absolute Gasteiger partial charge is 0.331 e. The number of nitriles is 1. The van der Waals surface area contributed by atoms with Crippen molar-refractivity contribution in [2.75, 3.05) is 5.32 Å². The van der Waals surface area contributed by atoms with Crippen molar-refractivity contribution in [3.63, 3.8) is 0 Å². The van der Waals surface area contributed by atoms with Crippen LogP contribution in [-0.2, 0) is 6.42 Å². The minimum absolute atomic E-state index is 0.0464. The number of nitrogens with zero attached hydrogens (tertiary/aromatic N) is 2. The molecule has 0 atom stereocenters. The van der Waals surface area contributed by atoms with E-state index >= 15 is 0 Å². The van der Waals surface area contributed by atoms with Gasteiger partial charge in [0.05, 0.1) is 11.3 Å². The van der Waals surface area contributed by atoms with Crippen molar-refractivity contribution in [2.45, 2.75) is 20.3 Å². The average molecular weight is 261 g/mol. The zero-order chi connectivity index (χ0) is 13.1. The Morgan fingerprint density at radius 3 is 2.83 bits per heavy atom. The van der Waals surface area contributed by atoms with E-state index in [1.807, 2.05) is 13.8 Å². The van der Waals surface area contributed by atoms with E-state index in [2.05, 4.69) is 10.3 Å².